The predicted molar refractivity (Wildman–Crippen MR) is 96.1 cm³/mol. The van der Waals surface area contributed by atoms with Crippen LogP contribution < -0.4 is 0 Å². The zero-order chi connectivity index (χ0) is 19.4. The standard InChI is InChI=1S/C17H23F2N7O/c1-11-22-12(27-24-11)7-25-10-21-17(26-6-5-16(18,19)9-26)8-20-13(15(2,3)4)23-14(17)25/h8,10,13H,5-7,9H2,1-4H3. The Bertz CT molecular complexity index is 825. The molecule has 10 heteroatoms. The lowest BCUT2D eigenvalue weighted by Crippen LogP contribution is -2.58. The first-order valence-corrected chi connectivity index (χ1v) is 8.96. The lowest BCUT2D eigenvalue weighted by atomic mass is 9.91. The van der Waals surface area contributed by atoms with Crippen LogP contribution in [0.2, 0.25) is 0 Å². The largest absolute Gasteiger partial charge is 0.337 e. The third kappa shape index (κ3) is 3.15. The average molecular weight is 379 g/mol. The maximum Gasteiger partial charge on any atom is 0.261 e. The molecule has 2 atom stereocenters. The van der Waals surface area contributed by atoms with Gasteiger partial charge >= 0.3 is 0 Å². The van der Waals surface area contributed by atoms with Gasteiger partial charge in [0.05, 0.1) is 19.1 Å². The van der Waals surface area contributed by atoms with Crippen molar-refractivity contribution in [3.05, 3.63) is 11.7 Å². The molecule has 0 radical (unpaired) electrons. The van der Waals surface area contributed by atoms with Gasteiger partial charge in [0.2, 0.25) is 11.6 Å². The highest BCUT2D eigenvalue weighted by Gasteiger charge is 2.54. The average Bonchev–Trinajstić information content (AvgIpc) is 3.25. The molecular weight excluding hydrogens is 356 g/mol. The molecule has 3 aliphatic rings. The van der Waals surface area contributed by atoms with Gasteiger partial charge in [-0.05, 0) is 6.92 Å². The monoisotopic (exact) mass is 379 g/mol. The van der Waals surface area contributed by atoms with Crippen molar-refractivity contribution in [3.63, 3.8) is 0 Å². The van der Waals surface area contributed by atoms with E-state index in [9.17, 15) is 8.78 Å². The van der Waals surface area contributed by atoms with Crippen molar-refractivity contribution < 1.29 is 13.3 Å². The summed E-state index contributed by atoms with van der Waals surface area (Å²) in [6, 6.07) is 0. The van der Waals surface area contributed by atoms with E-state index < -0.39 is 11.6 Å². The SMILES string of the molecule is Cc1noc(CN2C=NC3(N4CCC(F)(F)C4)C=NC(C(C)(C)C)N=C23)n1. The van der Waals surface area contributed by atoms with Gasteiger partial charge in [-0.3, -0.25) is 9.89 Å². The first-order chi connectivity index (χ1) is 12.6. The summed E-state index contributed by atoms with van der Waals surface area (Å²) in [5.74, 6) is -1.21. The van der Waals surface area contributed by atoms with Crippen LogP contribution >= 0.6 is 0 Å². The van der Waals surface area contributed by atoms with Gasteiger partial charge in [-0.25, -0.2) is 18.8 Å². The molecule has 146 valence electrons. The van der Waals surface area contributed by atoms with Crippen LogP contribution in [0.25, 0.3) is 0 Å². The van der Waals surface area contributed by atoms with Crippen LogP contribution in [-0.4, -0.2) is 69.2 Å². The van der Waals surface area contributed by atoms with Gasteiger partial charge in [0, 0.05) is 18.4 Å². The van der Waals surface area contributed by atoms with E-state index in [1.807, 2.05) is 20.8 Å². The van der Waals surface area contributed by atoms with Crippen molar-refractivity contribution in [2.24, 2.45) is 20.4 Å². The van der Waals surface area contributed by atoms with Gasteiger partial charge in [-0.1, -0.05) is 25.9 Å². The second-order valence-corrected chi connectivity index (χ2v) is 8.33. The normalized spacial score (nSPS) is 30.1. The predicted octanol–water partition coefficient (Wildman–Crippen LogP) is 2.11. The summed E-state index contributed by atoms with van der Waals surface area (Å²) in [6.45, 7) is 7.99. The van der Waals surface area contributed by atoms with Gasteiger partial charge in [-0.15, -0.1) is 0 Å². The van der Waals surface area contributed by atoms with Crippen LogP contribution in [0.15, 0.2) is 19.5 Å². The Morgan fingerprint density at radius 1 is 1.33 bits per heavy atom. The van der Waals surface area contributed by atoms with E-state index in [1.165, 1.54) is 0 Å². The van der Waals surface area contributed by atoms with Crippen LogP contribution in [0, 0.1) is 12.3 Å². The van der Waals surface area contributed by atoms with E-state index in [-0.39, 0.29) is 37.6 Å². The minimum Gasteiger partial charge on any atom is -0.337 e. The van der Waals surface area contributed by atoms with Crippen molar-refractivity contribution >= 4 is 18.4 Å². The fourth-order valence-corrected chi connectivity index (χ4v) is 3.48. The fourth-order valence-electron chi connectivity index (χ4n) is 3.48. The number of fused-ring (bicyclic) bond motifs is 1. The molecule has 4 heterocycles. The van der Waals surface area contributed by atoms with E-state index in [4.69, 9.17) is 9.52 Å². The highest BCUT2D eigenvalue weighted by Crippen LogP contribution is 2.38. The lowest BCUT2D eigenvalue weighted by Gasteiger charge is -2.39. The summed E-state index contributed by atoms with van der Waals surface area (Å²) in [7, 11) is 0. The summed E-state index contributed by atoms with van der Waals surface area (Å²) in [5, 5.41) is 3.80. The molecule has 4 rings (SSSR count). The second kappa shape index (κ2) is 5.88. The Kier molecular flexibility index (Phi) is 3.95. The number of hydrogen-bond acceptors (Lipinski definition) is 8. The molecule has 1 fully saturated rings. The zero-order valence-electron chi connectivity index (χ0n) is 15.9. The van der Waals surface area contributed by atoms with Gasteiger partial charge in [0.25, 0.3) is 5.92 Å². The molecule has 0 aromatic carbocycles. The van der Waals surface area contributed by atoms with Crippen molar-refractivity contribution in [2.75, 3.05) is 13.1 Å². The number of amidine groups is 1. The number of aromatic nitrogens is 2. The molecule has 0 spiro atoms. The molecule has 0 aliphatic carbocycles. The first kappa shape index (κ1) is 18.1. The van der Waals surface area contributed by atoms with Crippen molar-refractivity contribution in [1.29, 1.82) is 0 Å². The molecule has 0 N–H and O–H groups in total. The van der Waals surface area contributed by atoms with Gasteiger partial charge in [0.15, 0.2) is 11.7 Å². The summed E-state index contributed by atoms with van der Waals surface area (Å²) in [6.07, 6.45) is 2.75. The first-order valence-electron chi connectivity index (χ1n) is 8.96. The third-order valence-electron chi connectivity index (χ3n) is 4.94. The number of aliphatic imine (C=N–C) groups is 3. The number of nitrogens with zero attached hydrogens (tertiary/aromatic N) is 7. The molecule has 1 aromatic heterocycles. The van der Waals surface area contributed by atoms with Gasteiger partial charge in [0.1, 0.15) is 12.7 Å². The van der Waals surface area contributed by atoms with Crippen LogP contribution in [0.1, 0.15) is 38.9 Å². The smallest absolute Gasteiger partial charge is 0.261 e. The van der Waals surface area contributed by atoms with E-state index >= 15 is 0 Å². The summed E-state index contributed by atoms with van der Waals surface area (Å²) < 4.78 is 33.0. The van der Waals surface area contributed by atoms with E-state index in [2.05, 4.69) is 20.1 Å². The highest BCUT2D eigenvalue weighted by atomic mass is 19.3. The number of aryl methyl sites for hydroxylation is 1. The second-order valence-electron chi connectivity index (χ2n) is 8.33. The molecule has 8 nitrogen and oxygen atoms in total. The van der Waals surface area contributed by atoms with Gasteiger partial charge in [-0.2, -0.15) is 4.98 Å². The maximum absolute atomic E-state index is 13.9. The topological polar surface area (TPSA) is 82.5 Å². The van der Waals surface area contributed by atoms with Crippen LogP contribution in [0.4, 0.5) is 8.78 Å². The molecule has 0 amide bonds. The molecule has 27 heavy (non-hydrogen) atoms. The molecular formula is C17H23F2N7O. The van der Waals surface area contributed by atoms with Crippen molar-refractivity contribution in [2.45, 2.75) is 58.4 Å². The van der Waals surface area contributed by atoms with E-state index in [0.29, 0.717) is 17.6 Å². The van der Waals surface area contributed by atoms with Crippen LogP contribution in [0.3, 0.4) is 0 Å². The highest BCUT2D eigenvalue weighted by molar-refractivity contribution is 6.14. The fraction of sp³-hybridized carbons (Fsp3) is 0.706. The molecule has 2 unspecified atom stereocenters. The number of alkyl halides is 2. The van der Waals surface area contributed by atoms with E-state index in [1.54, 1.807) is 29.3 Å². The van der Waals surface area contributed by atoms with Crippen LogP contribution in [0.5, 0.6) is 0 Å². The quantitative estimate of drug-likeness (QED) is 0.803. The molecule has 0 saturated carbocycles. The molecule has 0 bridgehead atoms. The van der Waals surface area contributed by atoms with Crippen molar-refractivity contribution in [1.82, 2.24) is 19.9 Å². The number of rotatable bonds is 3. The van der Waals surface area contributed by atoms with Gasteiger partial charge < -0.3 is 9.42 Å². The number of hydrogen-bond donors (Lipinski definition) is 0. The zero-order valence-corrected chi connectivity index (χ0v) is 15.9. The third-order valence-corrected chi connectivity index (χ3v) is 4.94. The Labute approximate surface area is 156 Å². The van der Waals surface area contributed by atoms with Crippen LogP contribution in [-0.2, 0) is 6.54 Å². The van der Waals surface area contributed by atoms with Crippen molar-refractivity contribution in [3.8, 4) is 0 Å². The number of halogens is 2. The Morgan fingerprint density at radius 2 is 2.11 bits per heavy atom. The summed E-state index contributed by atoms with van der Waals surface area (Å²) in [5.41, 5.74) is -1.31. The summed E-state index contributed by atoms with van der Waals surface area (Å²) >= 11 is 0. The Balaban J connectivity index is 1.69. The Hall–Kier alpha value is -2.23. The molecule has 1 saturated heterocycles. The molecule has 1 aromatic rings. The Morgan fingerprint density at radius 3 is 2.70 bits per heavy atom. The minimum absolute atomic E-state index is 0.197. The van der Waals surface area contributed by atoms with E-state index in [0.717, 1.165) is 0 Å². The maximum atomic E-state index is 13.9. The lowest BCUT2D eigenvalue weighted by molar-refractivity contribution is 0.00814. The number of likely N-dealkylation sites (tertiary alicyclic amines) is 1. The molecule has 3 aliphatic heterocycles. The minimum atomic E-state index is -2.74. The summed E-state index contributed by atoms with van der Waals surface area (Å²) in [4.78, 5) is 21.6.